The van der Waals surface area contributed by atoms with Gasteiger partial charge < -0.3 is 10.2 Å². The van der Waals surface area contributed by atoms with E-state index in [-0.39, 0.29) is 16.4 Å². The topological polar surface area (TPSA) is 57.5 Å². The zero-order chi connectivity index (χ0) is 12.8. The van der Waals surface area contributed by atoms with Gasteiger partial charge in [0.05, 0.1) is 11.7 Å². The second kappa shape index (κ2) is 3.84. The van der Waals surface area contributed by atoms with Gasteiger partial charge >= 0.3 is 5.97 Å². The van der Waals surface area contributed by atoms with Crippen molar-refractivity contribution in [2.45, 2.75) is 52.6 Å². The second-order valence-corrected chi connectivity index (χ2v) is 6.56. The molecular weight excluding hydrogens is 216 g/mol. The van der Waals surface area contributed by atoms with Crippen LogP contribution >= 0.6 is 0 Å². The fourth-order valence-corrected chi connectivity index (χ4v) is 3.93. The minimum absolute atomic E-state index is 0.0608. The molecule has 0 unspecified atom stereocenters. The number of carboxylic acid groups (broad SMARTS) is 1. The van der Waals surface area contributed by atoms with Crippen LogP contribution in [0.25, 0.3) is 0 Å². The molecule has 2 rings (SSSR count). The van der Waals surface area contributed by atoms with Gasteiger partial charge in [0.2, 0.25) is 0 Å². The molecule has 2 aliphatic rings. The molecule has 3 heteroatoms. The van der Waals surface area contributed by atoms with Crippen LogP contribution in [0.3, 0.4) is 0 Å². The van der Waals surface area contributed by atoms with Gasteiger partial charge in [-0.1, -0.05) is 33.3 Å². The van der Waals surface area contributed by atoms with Crippen molar-refractivity contribution in [2.75, 3.05) is 0 Å². The van der Waals surface area contributed by atoms with Crippen LogP contribution in [0, 0.1) is 16.7 Å². The number of hydrogen-bond donors (Lipinski definition) is 2. The molecule has 0 spiro atoms. The Hall–Kier alpha value is -0.830. The molecule has 1 fully saturated rings. The van der Waals surface area contributed by atoms with Crippen LogP contribution in [0.15, 0.2) is 11.6 Å². The third kappa shape index (κ3) is 2.01. The largest absolute Gasteiger partial charge is 0.478 e. The van der Waals surface area contributed by atoms with Crippen molar-refractivity contribution >= 4 is 5.97 Å². The predicted molar refractivity (Wildman–Crippen MR) is 65.6 cm³/mol. The fourth-order valence-electron chi connectivity index (χ4n) is 3.93. The highest BCUT2D eigenvalue weighted by Crippen LogP contribution is 2.56. The molecule has 0 aromatic rings. The van der Waals surface area contributed by atoms with Gasteiger partial charge in [-0.3, -0.25) is 0 Å². The Labute approximate surface area is 103 Å². The molecule has 2 aliphatic carbocycles. The van der Waals surface area contributed by atoms with Crippen molar-refractivity contribution in [1.29, 1.82) is 0 Å². The molecule has 0 aromatic carbocycles. The molecule has 0 heterocycles. The van der Waals surface area contributed by atoms with Gasteiger partial charge in [-0.2, -0.15) is 0 Å². The van der Waals surface area contributed by atoms with Gasteiger partial charge in [-0.05, 0) is 36.0 Å². The number of aliphatic carboxylic acids is 1. The molecule has 0 aliphatic heterocycles. The number of fused-ring (bicyclic) bond motifs is 1. The number of carboxylic acids is 1. The van der Waals surface area contributed by atoms with Gasteiger partial charge in [-0.25, -0.2) is 4.79 Å². The van der Waals surface area contributed by atoms with E-state index in [2.05, 4.69) is 20.8 Å². The third-order valence-electron chi connectivity index (χ3n) is 4.83. The maximum absolute atomic E-state index is 11.1. The molecule has 0 radical (unpaired) electrons. The average molecular weight is 238 g/mol. The van der Waals surface area contributed by atoms with E-state index in [1.165, 1.54) is 0 Å². The van der Waals surface area contributed by atoms with Crippen molar-refractivity contribution in [2.24, 2.45) is 16.7 Å². The summed E-state index contributed by atoms with van der Waals surface area (Å²) in [6.07, 6.45) is 4.94. The van der Waals surface area contributed by atoms with Crippen molar-refractivity contribution < 1.29 is 15.0 Å². The quantitative estimate of drug-likeness (QED) is 0.738. The number of rotatable bonds is 1. The molecule has 1 saturated carbocycles. The molecule has 0 bridgehead atoms. The first-order chi connectivity index (χ1) is 7.76. The lowest BCUT2D eigenvalue weighted by atomic mass is 9.52. The number of hydrogen-bond acceptors (Lipinski definition) is 2. The Morgan fingerprint density at radius 1 is 1.35 bits per heavy atom. The first kappa shape index (κ1) is 12.6. The zero-order valence-electron chi connectivity index (χ0n) is 10.9. The number of aliphatic hydroxyl groups is 1. The van der Waals surface area contributed by atoms with E-state index in [1.807, 2.05) is 6.08 Å². The molecule has 96 valence electrons. The summed E-state index contributed by atoms with van der Waals surface area (Å²) in [4.78, 5) is 11.1. The van der Waals surface area contributed by atoms with Crippen molar-refractivity contribution in [3.8, 4) is 0 Å². The van der Waals surface area contributed by atoms with Crippen LogP contribution in [0.5, 0.6) is 0 Å². The van der Waals surface area contributed by atoms with E-state index in [0.29, 0.717) is 12.3 Å². The van der Waals surface area contributed by atoms with E-state index in [1.54, 1.807) is 0 Å². The summed E-state index contributed by atoms with van der Waals surface area (Å²) in [7, 11) is 0. The monoisotopic (exact) mass is 238 g/mol. The van der Waals surface area contributed by atoms with E-state index in [9.17, 15) is 9.90 Å². The average Bonchev–Trinajstić information content (AvgIpc) is 2.19. The molecule has 3 nitrogen and oxygen atoms in total. The number of allylic oxidation sites excluding steroid dienone is 1. The summed E-state index contributed by atoms with van der Waals surface area (Å²) in [5.74, 6) is -0.595. The van der Waals surface area contributed by atoms with Crippen molar-refractivity contribution in [3.63, 3.8) is 0 Å². The molecular formula is C14H22O3. The minimum atomic E-state index is -0.972. The summed E-state index contributed by atoms with van der Waals surface area (Å²) in [5, 5.41) is 19.1. The van der Waals surface area contributed by atoms with Crippen LogP contribution in [0.1, 0.15) is 46.5 Å². The molecule has 0 amide bonds. The van der Waals surface area contributed by atoms with Gasteiger partial charge in [0.1, 0.15) is 0 Å². The van der Waals surface area contributed by atoms with E-state index in [0.717, 1.165) is 19.3 Å². The summed E-state index contributed by atoms with van der Waals surface area (Å²) in [5.41, 5.74) is 0.324. The van der Waals surface area contributed by atoms with E-state index in [4.69, 9.17) is 5.11 Å². The van der Waals surface area contributed by atoms with Gasteiger partial charge in [0, 0.05) is 0 Å². The number of aliphatic hydroxyl groups excluding tert-OH is 1. The lowest BCUT2D eigenvalue weighted by molar-refractivity contribution is -0.135. The zero-order valence-corrected chi connectivity index (χ0v) is 10.9. The fraction of sp³-hybridized carbons (Fsp3) is 0.786. The highest BCUT2D eigenvalue weighted by Gasteiger charge is 2.49. The first-order valence-electron chi connectivity index (χ1n) is 6.40. The third-order valence-corrected chi connectivity index (χ3v) is 4.83. The van der Waals surface area contributed by atoms with E-state index < -0.39 is 12.1 Å². The Kier molecular flexibility index (Phi) is 2.85. The maximum Gasteiger partial charge on any atom is 0.333 e. The van der Waals surface area contributed by atoms with Crippen LogP contribution in [0.2, 0.25) is 0 Å². The van der Waals surface area contributed by atoms with E-state index >= 15 is 0 Å². The second-order valence-electron chi connectivity index (χ2n) is 6.56. The highest BCUT2D eigenvalue weighted by molar-refractivity contribution is 5.88. The number of carbonyl (C=O) groups is 1. The lowest BCUT2D eigenvalue weighted by Gasteiger charge is -2.52. The molecule has 3 atom stereocenters. The van der Waals surface area contributed by atoms with Gasteiger partial charge in [-0.15, -0.1) is 0 Å². The highest BCUT2D eigenvalue weighted by atomic mass is 16.4. The summed E-state index contributed by atoms with van der Waals surface area (Å²) in [6.45, 7) is 6.62. The van der Waals surface area contributed by atoms with Crippen molar-refractivity contribution in [1.82, 2.24) is 0 Å². The lowest BCUT2D eigenvalue weighted by Crippen LogP contribution is -2.46. The Morgan fingerprint density at radius 3 is 2.59 bits per heavy atom. The van der Waals surface area contributed by atoms with Crippen LogP contribution < -0.4 is 0 Å². The Bertz CT molecular complexity index is 370. The smallest absolute Gasteiger partial charge is 0.333 e. The molecule has 0 saturated heterocycles. The van der Waals surface area contributed by atoms with Crippen molar-refractivity contribution in [3.05, 3.63) is 11.6 Å². The molecule has 2 N–H and O–H groups in total. The maximum atomic E-state index is 11.1. The molecule has 17 heavy (non-hydrogen) atoms. The van der Waals surface area contributed by atoms with Gasteiger partial charge in [0.25, 0.3) is 0 Å². The summed E-state index contributed by atoms with van der Waals surface area (Å²) < 4.78 is 0. The predicted octanol–water partition coefficient (Wildman–Crippen LogP) is 2.59. The van der Waals surface area contributed by atoms with Gasteiger partial charge in [0.15, 0.2) is 0 Å². The Morgan fingerprint density at radius 2 is 2.00 bits per heavy atom. The summed E-state index contributed by atoms with van der Waals surface area (Å²) in [6, 6.07) is 0. The SMILES string of the molecule is CC1(C)CCC[C@]2(C)C=C(C(=O)O)[C@@H](O)C[C@@H]12. The standard InChI is InChI=1S/C14H22O3/c1-13(2)5-4-6-14(3)8-9(12(16)17)10(15)7-11(13)14/h8,10-11,15H,4-7H2,1-3H3,(H,16,17)/t10-,11-,14+/m0/s1. The van der Waals surface area contributed by atoms with Crippen LogP contribution in [0.4, 0.5) is 0 Å². The molecule has 0 aromatic heterocycles. The minimum Gasteiger partial charge on any atom is -0.478 e. The summed E-state index contributed by atoms with van der Waals surface area (Å²) >= 11 is 0. The first-order valence-corrected chi connectivity index (χ1v) is 6.40. The Balaban J connectivity index is 2.41. The van der Waals surface area contributed by atoms with Crippen LogP contribution in [-0.4, -0.2) is 22.3 Å². The van der Waals surface area contributed by atoms with Crippen LogP contribution in [-0.2, 0) is 4.79 Å². The normalized spacial score (nSPS) is 40.4.